The summed E-state index contributed by atoms with van der Waals surface area (Å²) in [6.07, 6.45) is 0. The van der Waals surface area contributed by atoms with E-state index < -0.39 is 0 Å². The average molecular weight is 293 g/mol. The molecule has 2 unspecified atom stereocenters. The number of nitrogens with one attached hydrogen (secondary N) is 1. The van der Waals surface area contributed by atoms with Crippen LogP contribution in [-0.4, -0.2) is 22.5 Å². The first kappa shape index (κ1) is 13.5. The maximum absolute atomic E-state index is 13.8. The van der Waals surface area contributed by atoms with Crippen molar-refractivity contribution in [2.75, 3.05) is 17.3 Å². The molecule has 0 aromatic heterocycles. The van der Waals surface area contributed by atoms with Crippen molar-refractivity contribution in [3.8, 4) is 0 Å². The number of nitrogens with two attached hydrogens (primary N) is 1. The summed E-state index contributed by atoms with van der Waals surface area (Å²) in [5, 5.41) is 0.710. The minimum Gasteiger partial charge on any atom is -0.271 e. The summed E-state index contributed by atoms with van der Waals surface area (Å²) in [6.45, 7) is 0. The fraction of sp³-hybridized carbons (Fsp3) is 0.455. The number of halogens is 2. The van der Waals surface area contributed by atoms with Gasteiger partial charge in [0, 0.05) is 33.1 Å². The standard InChI is InChI=1S/C11H14ClFN2S2/c12-7-1-2-8(9(13)5-7)11(15-14)10-6-16-3-4-17-10/h1-2,5,10-11,15H,3-4,6,14H2. The molecule has 2 nitrogen and oxygen atoms in total. The maximum Gasteiger partial charge on any atom is 0.129 e. The van der Waals surface area contributed by atoms with E-state index in [0.717, 1.165) is 17.3 Å². The van der Waals surface area contributed by atoms with Crippen molar-refractivity contribution in [3.05, 3.63) is 34.6 Å². The molecule has 2 atom stereocenters. The molecular weight excluding hydrogens is 279 g/mol. The van der Waals surface area contributed by atoms with Crippen LogP contribution in [0.1, 0.15) is 11.6 Å². The minimum absolute atomic E-state index is 0.162. The SMILES string of the molecule is NNC(c1ccc(Cl)cc1F)C1CSCCS1. The Morgan fingerprint density at radius 2 is 2.29 bits per heavy atom. The third-order valence-electron chi connectivity index (χ3n) is 2.69. The highest BCUT2D eigenvalue weighted by molar-refractivity contribution is 8.06. The van der Waals surface area contributed by atoms with Gasteiger partial charge in [-0.3, -0.25) is 11.3 Å². The van der Waals surface area contributed by atoms with E-state index in [1.165, 1.54) is 6.07 Å². The number of hydrazine groups is 1. The second-order valence-electron chi connectivity index (χ2n) is 3.79. The summed E-state index contributed by atoms with van der Waals surface area (Å²) in [6, 6.07) is 4.58. The predicted molar refractivity (Wildman–Crippen MR) is 75.0 cm³/mol. The van der Waals surface area contributed by atoms with E-state index in [0.29, 0.717) is 15.8 Å². The van der Waals surface area contributed by atoms with Crippen LogP contribution in [0.15, 0.2) is 18.2 Å². The molecule has 0 radical (unpaired) electrons. The molecule has 0 saturated carbocycles. The Labute approximate surface area is 114 Å². The van der Waals surface area contributed by atoms with Gasteiger partial charge in [0.1, 0.15) is 5.82 Å². The van der Waals surface area contributed by atoms with Crippen molar-refractivity contribution in [1.29, 1.82) is 0 Å². The first-order valence-corrected chi connectivity index (χ1v) is 7.91. The zero-order valence-electron chi connectivity index (χ0n) is 9.16. The molecule has 0 spiro atoms. The zero-order chi connectivity index (χ0) is 12.3. The molecule has 1 aromatic rings. The second kappa shape index (κ2) is 6.29. The Morgan fingerprint density at radius 3 is 2.88 bits per heavy atom. The molecule has 1 aromatic carbocycles. The Kier molecular flexibility index (Phi) is 4.99. The molecule has 1 saturated heterocycles. The van der Waals surface area contributed by atoms with Crippen LogP contribution in [0.3, 0.4) is 0 Å². The van der Waals surface area contributed by atoms with Crippen LogP contribution >= 0.6 is 35.1 Å². The van der Waals surface area contributed by atoms with Crippen molar-refractivity contribution in [2.45, 2.75) is 11.3 Å². The van der Waals surface area contributed by atoms with Gasteiger partial charge < -0.3 is 0 Å². The lowest BCUT2D eigenvalue weighted by atomic mass is 10.0. The molecule has 94 valence electrons. The van der Waals surface area contributed by atoms with Gasteiger partial charge >= 0.3 is 0 Å². The van der Waals surface area contributed by atoms with E-state index in [1.807, 2.05) is 23.5 Å². The Morgan fingerprint density at radius 1 is 1.47 bits per heavy atom. The van der Waals surface area contributed by atoms with Crippen molar-refractivity contribution in [2.24, 2.45) is 5.84 Å². The lowest BCUT2D eigenvalue weighted by Gasteiger charge is -2.29. The highest BCUT2D eigenvalue weighted by atomic mass is 35.5. The average Bonchev–Trinajstić information content (AvgIpc) is 2.34. The van der Waals surface area contributed by atoms with Gasteiger partial charge in [-0.1, -0.05) is 17.7 Å². The number of hydrogen-bond acceptors (Lipinski definition) is 4. The minimum atomic E-state index is -0.295. The third kappa shape index (κ3) is 3.29. The van der Waals surface area contributed by atoms with Gasteiger partial charge in [-0.15, -0.1) is 0 Å². The van der Waals surface area contributed by atoms with E-state index in [2.05, 4.69) is 5.43 Å². The van der Waals surface area contributed by atoms with Crippen molar-refractivity contribution in [3.63, 3.8) is 0 Å². The van der Waals surface area contributed by atoms with E-state index in [1.54, 1.807) is 12.1 Å². The van der Waals surface area contributed by atoms with Crippen molar-refractivity contribution < 1.29 is 4.39 Å². The molecule has 1 fully saturated rings. The zero-order valence-corrected chi connectivity index (χ0v) is 11.5. The Hall–Kier alpha value is 0.0600. The molecule has 1 aliphatic heterocycles. The normalized spacial score (nSPS) is 22.4. The van der Waals surface area contributed by atoms with Crippen LogP contribution in [0.5, 0.6) is 0 Å². The summed E-state index contributed by atoms with van der Waals surface area (Å²) < 4.78 is 13.8. The summed E-state index contributed by atoms with van der Waals surface area (Å²) in [4.78, 5) is 0. The van der Waals surface area contributed by atoms with Crippen LogP contribution in [0.25, 0.3) is 0 Å². The summed E-state index contributed by atoms with van der Waals surface area (Å²) in [5.41, 5.74) is 3.33. The third-order valence-corrected chi connectivity index (χ3v) is 5.79. The molecule has 1 aliphatic rings. The topological polar surface area (TPSA) is 38.0 Å². The molecule has 17 heavy (non-hydrogen) atoms. The predicted octanol–water partition coefficient (Wildman–Crippen LogP) is 2.83. The van der Waals surface area contributed by atoms with Crippen molar-refractivity contribution in [1.82, 2.24) is 5.43 Å². The molecule has 0 bridgehead atoms. The van der Waals surface area contributed by atoms with E-state index in [4.69, 9.17) is 17.4 Å². The largest absolute Gasteiger partial charge is 0.271 e. The van der Waals surface area contributed by atoms with Gasteiger partial charge in [-0.25, -0.2) is 4.39 Å². The van der Waals surface area contributed by atoms with E-state index >= 15 is 0 Å². The number of hydrogen-bond donors (Lipinski definition) is 2. The molecule has 1 heterocycles. The highest BCUT2D eigenvalue weighted by Crippen LogP contribution is 2.34. The van der Waals surface area contributed by atoms with Gasteiger partial charge in [0.15, 0.2) is 0 Å². The number of rotatable bonds is 3. The summed E-state index contributed by atoms with van der Waals surface area (Å²) >= 11 is 9.48. The molecule has 0 amide bonds. The number of benzene rings is 1. The van der Waals surface area contributed by atoms with Crippen LogP contribution in [0.2, 0.25) is 5.02 Å². The van der Waals surface area contributed by atoms with Gasteiger partial charge in [-0.05, 0) is 12.1 Å². The lowest BCUT2D eigenvalue weighted by molar-refractivity contribution is 0.511. The number of thioether (sulfide) groups is 2. The molecule has 2 rings (SSSR count). The van der Waals surface area contributed by atoms with Crippen LogP contribution in [0.4, 0.5) is 4.39 Å². The summed E-state index contributed by atoms with van der Waals surface area (Å²) in [5.74, 6) is 8.50. The first-order valence-electron chi connectivity index (χ1n) is 5.33. The lowest BCUT2D eigenvalue weighted by Crippen LogP contribution is -2.38. The van der Waals surface area contributed by atoms with Gasteiger partial charge in [0.2, 0.25) is 0 Å². The van der Waals surface area contributed by atoms with Crippen LogP contribution in [0, 0.1) is 5.82 Å². The Balaban J connectivity index is 2.21. The fourth-order valence-corrected chi connectivity index (χ4v) is 4.85. The van der Waals surface area contributed by atoms with E-state index in [-0.39, 0.29) is 11.9 Å². The molecule has 6 heteroatoms. The molecule has 0 aliphatic carbocycles. The van der Waals surface area contributed by atoms with E-state index in [9.17, 15) is 4.39 Å². The second-order valence-corrected chi connectivity index (χ2v) is 6.73. The van der Waals surface area contributed by atoms with Crippen molar-refractivity contribution >= 4 is 35.1 Å². The fourth-order valence-electron chi connectivity index (χ4n) is 1.85. The monoisotopic (exact) mass is 292 g/mol. The molecular formula is C11H14ClFN2S2. The van der Waals surface area contributed by atoms with Gasteiger partial charge in [0.25, 0.3) is 0 Å². The van der Waals surface area contributed by atoms with Gasteiger partial charge in [0.05, 0.1) is 6.04 Å². The first-order chi connectivity index (χ1) is 8.22. The van der Waals surface area contributed by atoms with Crippen LogP contribution in [-0.2, 0) is 0 Å². The smallest absolute Gasteiger partial charge is 0.129 e. The summed E-state index contributed by atoms with van der Waals surface area (Å²) in [7, 11) is 0. The highest BCUT2D eigenvalue weighted by Gasteiger charge is 2.27. The van der Waals surface area contributed by atoms with Crippen LogP contribution < -0.4 is 11.3 Å². The molecule has 3 N–H and O–H groups in total. The quantitative estimate of drug-likeness (QED) is 0.664. The maximum atomic E-state index is 13.8. The Bertz CT molecular complexity index is 386. The van der Waals surface area contributed by atoms with Gasteiger partial charge in [-0.2, -0.15) is 23.5 Å².